The third-order valence-corrected chi connectivity index (χ3v) is 4.74. The molecule has 0 bridgehead atoms. The number of hydrogen-bond acceptors (Lipinski definition) is 4. The van der Waals surface area contributed by atoms with E-state index >= 15 is 0 Å². The van der Waals surface area contributed by atoms with Crippen LogP contribution in [-0.4, -0.2) is 23.3 Å². The van der Waals surface area contributed by atoms with Crippen LogP contribution in [-0.2, 0) is 16.0 Å². The molecule has 0 aliphatic rings. The highest BCUT2D eigenvalue weighted by Crippen LogP contribution is 2.25. The summed E-state index contributed by atoms with van der Waals surface area (Å²) in [7, 11) is 0. The first-order valence-electron chi connectivity index (χ1n) is 7.96. The van der Waals surface area contributed by atoms with Gasteiger partial charge in [0.1, 0.15) is 5.01 Å². The number of amides is 2. The van der Waals surface area contributed by atoms with E-state index in [0.29, 0.717) is 23.7 Å². The number of rotatable bonds is 5. The second kappa shape index (κ2) is 8.60. The van der Waals surface area contributed by atoms with Crippen molar-refractivity contribution < 1.29 is 9.59 Å². The van der Waals surface area contributed by atoms with Crippen molar-refractivity contribution in [2.24, 2.45) is 0 Å². The highest BCUT2D eigenvalue weighted by molar-refractivity contribution is 7.13. The van der Waals surface area contributed by atoms with Crippen molar-refractivity contribution in [3.63, 3.8) is 0 Å². The fourth-order valence-electron chi connectivity index (χ4n) is 2.24. The largest absolute Gasteiger partial charge is 0.347 e. The van der Waals surface area contributed by atoms with Crippen LogP contribution in [0.4, 0.5) is 5.69 Å². The Balaban J connectivity index is 1.48. The monoisotopic (exact) mass is 385 g/mol. The average molecular weight is 386 g/mol. The van der Waals surface area contributed by atoms with Gasteiger partial charge in [0.05, 0.1) is 5.69 Å². The molecule has 0 radical (unpaired) electrons. The molecular weight excluding hydrogens is 370 g/mol. The first-order valence-corrected chi connectivity index (χ1v) is 9.22. The highest BCUT2D eigenvalue weighted by atomic mass is 35.5. The molecule has 3 rings (SSSR count). The van der Waals surface area contributed by atoms with E-state index in [2.05, 4.69) is 15.6 Å². The minimum Gasteiger partial charge on any atom is -0.347 e. The first kappa shape index (κ1) is 18.1. The summed E-state index contributed by atoms with van der Waals surface area (Å²) in [4.78, 5) is 28.2. The van der Waals surface area contributed by atoms with E-state index in [0.717, 1.165) is 16.3 Å². The van der Waals surface area contributed by atoms with Gasteiger partial charge < -0.3 is 10.6 Å². The SMILES string of the molecule is O=C(NCCc1csc(-c2ccc(Cl)cc2)n1)C(=O)Nc1ccccc1. The van der Waals surface area contributed by atoms with Crippen molar-refractivity contribution in [2.45, 2.75) is 6.42 Å². The number of halogens is 1. The molecule has 3 aromatic rings. The molecule has 2 amide bonds. The van der Waals surface area contributed by atoms with Gasteiger partial charge in [-0.25, -0.2) is 4.98 Å². The van der Waals surface area contributed by atoms with Crippen molar-refractivity contribution in [1.29, 1.82) is 0 Å². The van der Waals surface area contributed by atoms with Crippen LogP contribution in [0.25, 0.3) is 10.6 Å². The number of para-hydroxylation sites is 1. The predicted octanol–water partition coefficient (Wildman–Crippen LogP) is 3.76. The van der Waals surface area contributed by atoms with Crippen LogP contribution in [0.5, 0.6) is 0 Å². The third kappa shape index (κ3) is 4.91. The highest BCUT2D eigenvalue weighted by Gasteiger charge is 2.13. The molecule has 7 heteroatoms. The Morgan fingerprint density at radius 2 is 1.73 bits per heavy atom. The maximum absolute atomic E-state index is 11.8. The molecule has 0 spiro atoms. The number of carbonyl (C=O) groups is 2. The maximum Gasteiger partial charge on any atom is 0.313 e. The van der Waals surface area contributed by atoms with Crippen LogP contribution in [0.2, 0.25) is 5.02 Å². The van der Waals surface area contributed by atoms with E-state index in [1.54, 1.807) is 24.3 Å². The van der Waals surface area contributed by atoms with Gasteiger partial charge in [-0.1, -0.05) is 41.9 Å². The normalized spacial score (nSPS) is 10.3. The van der Waals surface area contributed by atoms with Crippen LogP contribution < -0.4 is 10.6 Å². The zero-order valence-corrected chi connectivity index (χ0v) is 15.3. The molecule has 0 aliphatic carbocycles. The molecule has 0 unspecified atom stereocenters. The average Bonchev–Trinajstić information content (AvgIpc) is 3.12. The van der Waals surface area contributed by atoms with Gasteiger partial charge in [0.25, 0.3) is 0 Å². The zero-order valence-electron chi connectivity index (χ0n) is 13.7. The van der Waals surface area contributed by atoms with Gasteiger partial charge in [0.2, 0.25) is 0 Å². The molecule has 132 valence electrons. The van der Waals surface area contributed by atoms with Crippen LogP contribution in [0.15, 0.2) is 60.0 Å². The molecule has 0 saturated carbocycles. The van der Waals surface area contributed by atoms with Crippen LogP contribution in [0, 0.1) is 0 Å². The van der Waals surface area contributed by atoms with Crippen molar-refractivity contribution in [3.05, 3.63) is 70.7 Å². The van der Waals surface area contributed by atoms with E-state index in [4.69, 9.17) is 11.6 Å². The Labute approximate surface area is 160 Å². The second-order valence-electron chi connectivity index (χ2n) is 5.48. The molecule has 26 heavy (non-hydrogen) atoms. The van der Waals surface area contributed by atoms with Crippen LogP contribution in [0.3, 0.4) is 0 Å². The summed E-state index contributed by atoms with van der Waals surface area (Å²) in [5.74, 6) is -1.35. The molecule has 0 aliphatic heterocycles. The number of thiazole rings is 1. The summed E-state index contributed by atoms with van der Waals surface area (Å²) in [5, 5.41) is 8.67. The Kier molecular flexibility index (Phi) is 5.99. The molecular formula is C19H16ClN3O2S. The lowest BCUT2D eigenvalue weighted by Gasteiger charge is -2.05. The summed E-state index contributed by atoms with van der Waals surface area (Å²) in [6, 6.07) is 16.3. The van der Waals surface area contributed by atoms with Crippen molar-refractivity contribution in [3.8, 4) is 10.6 Å². The van der Waals surface area contributed by atoms with E-state index in [-0.39, 0.29) is 0 Å². The number of aromatic nitrogens is 1. The number of benzene rings is 2. The van der Waals surface area contributed by atoms with Gasteiger partial charge in [0.15, 0.2) is 0 Å². The smallest absolute Gasteiger partial charge is 0.313 e. The fourth-order valence-corrected chi connectivity index (χ4v) is 3.23. The van der Waals surface area contributed by atoms with Gasteiger partial charge in [-0.2, -0.15) is 0 Å². The van der Waals surface area contributed by atoms with Crippen molar-refractivity contribution in [1.82, 2.24) is 10.3 Å². The third-order valence-electron chi connectivity index (χ3n) is 3.55. The number of carbonyl (C=O) groups excluding carboxylic acids is 2. The lowest BCUT2D eigenvalue weighted by molar-refractivity contribution is -0.136. The number of nitrogens with one attached hydrogen (secondary N) is 2. The Morgan fingerprint density at radius 1 is 1.00 bits per heavy atom. The maximum atomic E-state index is 11.8. The molecule has 2 N–H and O–H groups in total. The van der Waals surface area contributed by atoms with E-state index in [1.165, 1.54) is 11.3 Å². The molecule has 5 nitrogen and oxygen atoms in total. The molecule has 0 atom stereocenters. The van der Waals surface area contributed by atoms with Gasteiger partial charge in [0, 0.05) is 34.6 Å². The van der Waals surface area contributed by atoms with Crippen molar-refractivity contribution in [2.75, 3.05) is 11.9 Å². The summed E-state index contributed by atoms with van der Waals surface area (Å²) in [6.45, 7) is 0.338. The molecule has 2 aromatic carbocycles. The Morgan fingerprint density at radius 3 is 2.46 bits per heavy atom. The van der Waals surface area contributed by atoms with Gasteiger partial charge in [-0.05, 0) is 24.3 Å². The summed E-state index contributed by atoms with van der Waals surface area (Å²) in [5.41, 5.74) is 2.44. The number of nitrogens with zero attached hydrogens (tertiary/aromatic N) is 1. The quantitative estimate of drug-likeness (QED) is 0.657. The second-order valence-corrected chi connectivity index (χ2v) is 6.77. The first-order chi connectivity index (χ1) is 12.6. The number of anilines is 1. The topological polar surface area (TPSA) is 71.1 Å². The lowest BCUT2D eigenvalue weighted by atomic mass is 10.2. The van der Waals surface area contributed by atoms with Gasteiger partial charge in [-0.15, -0.1) is 11.3 Å². The van der Waals surface area contributed by atoms with Crippen LogP contribution in [0.1, 0.15) is 5.69 Å². The molecule has 0 saturated heterocycles. The van der Waals surface area contributed by atoms with E-state index in [9.17, 15) is 9.59 Å². The summed E-state index contributed by atoms with van der Waals surface area (Å²) in [6.07, 6.45) is 0.550. The Bertz CT molecular complexity index is 895. The van der Waals surface area contributed by atoms with Crippen LogP contribution >= 0.6 is 22.9 Å². The molecule has 1 heterocycles. The minimum absolute atomic E-state index is 0.338. The lowest BCUT2D eigenvalue weighted by Crippen LogP contribution is -2.36. The fraction of sp³-hybridized carbons (Fsp3) is 0.105. The zero-order chi connectivity index (χ0) is 18.4. The predicted molar refractivity (Wildman–Crippen MR) is 104 cm³/mol. The Hall–Kier alpha value is -2.70. The molecule has 0 fully saturated rings. The minimum atomic E-state index is -0.684. The van der Waals surface area contributed by atoms with Crippen molar-refractivity contribution >= 4 is 40.4 Å². The summed E-state index contributed by atoms with van der Waals surface area (Å²) < 4.78 is 0. The van der Waals surface area contributed by atoms with Gasteiger partial charge in [-0.3, -0.25) is 9.59 Å². The molecule has 1 aromatic heterocycles. The summed E-state index contributed by atoms with van der Waals surface area (Å²) >= 11 is 7.42. The number of hydrogen-bond donors (Lipinski definition) is 2. The standard InChI is InChI=1S/C19H16ClN3O2S/c20-14-8-6-13(7-9-14)19-23-16(12-26-19)10-11-21-17(24)18(25)22-15-4-2-1-3-5-15/h1-9,12H,10-11H2,(H,21,24)(H,22,25). The van der Waals surface area contributed by atoms with Gasteiger partial charge >= 0.3 is 11.8 Å². The van der Waals surface area contributed by atoms with E-state index in [1.807, 2.05) is 35.7 Å². The van der Waals surface area contributed by atoms with E-state index < -0.39 is 11.8 Å².